The largest absolute Gasteiger partial charge is 0.335 e. The number of hydrogen-bond donors (Lipinski definition) is 0. The van der Waals surface area contributed by atoms with E-state index in [9.17, 15) is 14.4 Å². The molecule has 4 rings (SSSR count). The van der Waals surface area contributed by atoms with E-state index in [0.29, 0.717) is 6.54 Å². The van der Waals surface area contributed by atoms with Crippen LogP contribution in [0.4, 0.5) is 4.79 Å². The van der Waals surface area contributed by atoms with E-state index in [1.165, 1.54) is 10.4 Å². The summed E-state index contributed by atoms with van der Waals surface area (Å²) in [4.78, 5) is 42.6. The van der Waals surface area contributed by atoms with Crippen molar-refractivity contribution >= 4 is 29.2 Å². The zero-order chi connectivity index (χ0) is 17.4. The number of imide groups is 2. The van der Waals surface area contributed by atoms with Crippen LogP contribution in [0.25, 0.3) is 0 Å². The number of amides is 4. The predicted octanol–water partition coefficient (Wildman–Crippen LogP) is 2.05. The van der Waals surface area contributed by atoms with Crippen LogP contribution in [0.3, 0.4) is 0 Å². The fourth-order valence-corrected chi connectivity index (χ4v) is 4.10. The second-order valence-electron chi connectivity index (χ2n) is 6.21. The molecule has 1 aromatic heterocycles. The first-order valence-electron chi connectivity index (χ1n) is 8.12. The smallest absolute Gasteiger partial charge is 0.281 e. The van der Waals surface area contributed by atoms with Crippen LogP contribution in [0.1, 0.15) is 16.0 Å². The Morgan fingerprint density at radius 2 is 1.72 bits per heavy atom. The number of carbonyl (C=O) groups excluding carboxylic acids is 3. The van der Waals surface area contributed by atoms with Crippen LogP contribution in [0, 0.1) is 0 Å². The molecule has 0 unspecified atom stereocenters. The molecule has 2 aliphatic rings. The molecular formula is C18H17N3O3S. The number of urea groups is 1. The zero-order valence-electron chi connectivity index (χ0n) is 13.6. The molecule has 1 saturated heterocycles. The Hall–Kier alpha value is -2.51. The van der Waals surface area contributed by atoms with E-state index in [2.05, 4.69) is 11.4 Å². The Kier molecular flexibility index (Phi) is 4.10. The molecule has 0 bridgehead atoms. The third-order valence-electron chi connectivity index (χ3n) is 4.55. The van der Waals surface area contributed by atoms with Crippen LogP contribution < -0.4 is 0 Å². The molecule has 6 nitrogen and oxygen atoms in total. The number of thiophene rings is 1. The minimum absolute atomic E-state index is 0.120. The SMILES string of the molecule is O=C1C(=O)N(CN2CCc3sccc3C2)C(=O)N1Cc1ccccc1. The summed E-state index contributed by atoms with van der Waals surface area (Å²) in [5, 5.41) is 2.06. The summed E-state index contributed by atoms with van der Waals surface area (Å²) in [5.74, 6) is -1.49. The highest BCUT2D eigenvalue weighted by Crippen LogP contribution is 2.25. The summed E-state index contributed by atoms with van der Waals surface area (Å²) in [5.41, 5.74) is 2.06. The van der Waals surface area contributed by atoms with Gasteiger partial charge in [0.25, 0.3) is 0 Å². The lowest BCUT2D eigenvalue weighted by atomic mass is 10.1. The molecule has 1 aromatic carbocycles. The molecule has 7 heteroatoms. The molecule has 1 fully saturated rings. The number of fused-ring (bicyclic) bond motifs is 1. The van der Waals surface area contributed by atoms with Crippen molar-refractivity contribution in [2.45, 2.75) is 19.5 Å². The van der Waals surface area contributed by atoms with E-state index >= 15 is 0 Å². The van der Waals surface area contributed by atoms with Gasteiger partial charge in [0.05, 0.1) is 13.2 Å². The Balaban J connectivity index is 1.46. The molecule has 0 spiro atoms. The van der Waals surface area contributed by atoms with Gasteiger partial charge in [0.1, 0.15) is 0 Å². The maximum Gasteiger partial charge on any atom is 0.335 e. The maximum absolute atomic E-state index is 12.6. The highest BCUT2D eigenvalue weighted by Gasteiger charge is 2.45. The van der Waals surface area contributed by atoms with E-state index in [4.69, 9.17) is 0 Å². The highest BCUT2D eigenvalue weighted by molar-refractivity contribution is 7.10. The molecular weight excluding hydrogens is 338 g/mol. The Morgan fingerprint density at radius 1 is 0.960 bits per heavy atom. The molecule has 0 saturated carbocycles. The van der Waals surface area contributed by atoms with Crippen LogP contribution in [0.15, 0.2) is 41.8 Å². The summed E-state index contributed by atoms with van der Waals surface area (Å²) in [6.45, 7) is 1.75. The standard InChI is InChI=1S/C18H17N3O3S/c22-16-17(23)21(12-19-8-6-15-14(11-19)7-9-25-15)18(24)20(16)10-13-4-2-1-3-5-13/h1-5,7,9H,6,8,10-12H2. The van der Waals surface area contributed by atoms with Crippen molar-refractivity contribution in [2.75, 3.05) is 13.2 Å². The number of hydrogen-bond acceptors (Lipinski definition) is 5. The van der Waals surface area contributed by atoms with Gasteiger partial charge >= 0.3 is 17.8 Å². The van der Waals surface area contributed by atoms with Gasteiger partial charge in [0, 0.05) is 18.0 Å². The van der Waals surface area contributed by atoms with Gasteiger partial charge in [-0.15, -0.1) is 11.3 Å². The number of carbonyl (C=O) groups is 3. The van der Waals surface area contributed by atoms with Crippen LogP contribution in [0.2, 0.25) is 0 Å². The molecule has 0 radical (unpaired) electrons. The molecule has 3 heterocycles. The fourth-order valence-electron chi connectivity index (χ4n) is 3.21. The molecule has 0 N–H and O–H groups in total. The van der Waals surface area contributed by atoms with Gasteiger partial charge in [-0.3, -0.25) is 19.4 Å². The lowest BCUT2D eigenvalue weighted by Crippen LogP contribution is -2.43. The second-order valence-corrected chi connectivity index (χ2v) is 7.21. The van der Waals surface area contributed by atoms with E-state index in [-0.39, 0.29) is 13.2 Å². The minimum Gasteiger partial charge on any atom is -0.281 e. The first-order valence-corrected chi connectivity index (χ1v) is 9.00. The number of nitrogens with zero attached hydrogens (tertiary/aromatic N) is 3. The Bertz CT molecular complexity index is 833. The van der Waals surface area contributed by atoms with Crippen LogP contribution >= 0.6 is 11.3 Å². The third kappa shape index (κ3) is 2.96. The summed E-state index contributed by atoms with van der Waals surface area (Å²) in [6, 6.07) is 10.7. The Morgan fingerprint density at radius 3 is 2.52 bits per heavy atom. The average molecular weight is 355 g/mol. The van der Waals surface area contributed by atoms with Gasteiger partial charge < -0.3 is 0 Å². The molecule has 25 heavy (non-hydrogen) atoms. The van der Waals surface area contributed by atoms with Crippen molar-refractivity contribution in [3.8, 4) is 0 Å². The molecule has 2 aromatic rings. The van der Waals surface area contributed by atoms with E-state index < -0.39 is 17.8 Å². The van der Waals surface area contributed by atoms with Crippen LogP contribution in [0.5, 0.6) is 0 Å². The van der Waals surface area contributed by atoms with E-state index in [1.807, 2.05) is 35.2 Å². The first-order chi connectivity index (χ1) is 12.1. The summed E-state index contributed by atoms with van der Waals surface area (Å²) >= 11 is 1.74. The van der Waals surface area contributed by atoms with Gasteiger partial charge in [0.2, 0.25) is 0 Å². The van der Waals surface area contributed by atoms with Crippen molar-refractivity contribution in [2.24, 2.45) is 0 Å². The fraction of sp³-hybridized carbons (Fsp3) is 0.278. The molecule has 2 aliphatic heterocycles. The lowest BCUT2D eigenvalue weighted by Gasteiger charge is -2.29. The average Bonchev–Trinajstić information content (AvgIpc) is 3.17. The van der Waals surface area contributed by atoms with Crippen molar-refractivity contribution in [3.05, 3.63) is 57.8 Å². The van der Waals surface area contributed by atoms with E-state index in [0.717, 1.165) is 28.3 Å². The monoisotopic (exact) mass is 355 g/mol. The Labute approximate surface area is 149 Å². The maximum atomic E-state index is 12.6. The van der Waals surface area contributed by atoms with Crippen molar-refractivity contribution in [1.82, 2.24) is 14.7 Å². The lowest BCUT2D eigenvalue weighted by molar-refractivity contribution is -0.144. The van der Waals surface area contributed by atoms with Gasteiger partial charge in [0.15, 0.2) is 0 Å². The molecule has 0 atom stereocenters. The van der Waals surface area contributed by atoms with Crippen LogP contribution in [-0.2, 0) is 29.1 Å². The molecule has 128 valence electrons. The quantitative estimate of drug-likeness (QED) is 0.622. The third-order valence-corrected chi connectivity index (χ3v) is 5.57. The van der Waals surface area contributed by atoms with Crippen molar-refractivity contribution in [1.29, 1.82) is 0 Å². The van der Waals surface area contributed by atoms with Gasteiger partial charge in [-0.2, -0.15) is 0 Å². The molecule has 0 aliphatic carbocycles. The van der Waals surface area contributed by atoms with E-state index in [1.54, 1.807) is 11.3 Å². The summed E-state index contributed by atoms with van der Waals surface area (Å²) in [6.07, 6.45) is 0.908. The van der Waals surface area contributed by atoms with Gasteiger partial charge in [-0.05, 0) is 29.0 Å². The zero-order valence-corrected chi connectivity index (χ0v) is 14.4. The van der Waals surface area contributed by atoms with Crippen molar-refractivity contribution in [3.63, 3.8) is 0 Å². The normalized spacial score (nSPS) is 18.2. The van der Waals surface area contributed by atoms with Crippen molar-refractivity contribution < 1.29 is 14.4 Å². The minimum atomic E-state index is -0.748. The van der Waals surface area contributed by atoms with Gasteiger partial charge in [-0.25, -0.2) is 9.69 Å². The highest BCUT2D eigenvalue weighted by atomic mass is 32.1. The number of rotatable bonds is 4. The van der Waals surface area contributed by atoms with Crippen LogP contribution in [-0.4, -0.2) is 45.8 Å². The van der Waals surface area contributed by atoms with Gasteiger partial charge in [-0.1, -0.05) is 30.3 Å². The molecule has 4 amide bonds. The predicted molar refractivity (Wildman–Crippen MR) is 92.5 cm³/mol. The first kappa shape index (κ1) is 16.0. The topological polar surface area (TPSA) is 60.9 Å². The summed E-state index contributed by atoms with van der Waals surface area (Å²) in [7, 11) is 0. The second kappa shape index (κ2) is 6.42. The summed E-state index contributed by atoms with van der Waals surface area (Å²) < 4.78 is 0. The number of benzene rings is 1.